The summed E-state index contributed by atoms with van der Waals surface area (Å²) in [6.45, 7) is 0. The summed E-state index contributed by atoms with van der Waals surface area (Å²) >= 11 is 1.26. The van der Waals surface area contributed by atoms with Gasteiger partial charge in [-0.05, 0) is 43.8 Å². The van der Waals surface area contributed by atoms with Gasteiger partial charge in [0.15, 0.2) is 0 Å². The van der Waals surface area contributed by atoms with E-state index in [0.29, 0.717) is 0 Å². The summed E-state index contributed by atoms with van der Waals surface area (Å²) in [6, 6.07) is 47.3. The Labute approximate surface area is 219 Å². The van der Waals surface area contributed by atoms with Crippen LogP contribution in [0.15, 0.2) is 133 Å². The molecule has 0 saturated carbocycles. The molecule has 2 nitrogen and oxygen atoms in total. The maximum absolute atomic E-state index is 4.67. The van der Waals surface area contributed by atoms with Gasteiger partial charge < -0.3 is 0 Å². The van der Waals surface area contributed by atoms with Crippen LogP contribution in [0.3, 0.4) is 0 Å². The molecule has 7 aromatic rings. The molecule has 6 aromatic carbocycles. The van der Waals surface area contributed by atoms with Crippen LogP contribution in [0.5, 0.6) is 0 Å². The Balaban J connectivity index is 1.22. The number of aromatic nitrogens is 2. The lowest BCUT2D eigenvalue weighted by atomic mass is 9.95. The lowest BCUT2D eigenvalue weighted by molar-refractivity contribution is 1.47. The largest absolute Gasteiger partial charge is 0.172 e. The summed E-state index contributed by atoms with van der Waals surface area (Å²) in [5, 5.41) is 5.03. The number of fused-ring (bicyclic) bond motifs is 2. The molecule has 3 heteroatoms. The molecule has 0 aliphatic rings. The zero-order valence-corrected chi connectivity index (χ0v) is 20.8. The van der Waals surface area contributed by atoms with Crippen molar-refractivity contribution in [1.82, 2.24) is 8.75 Å². The molecule has 7 rings (SSSR count). The van der Waals surface area contributed by atoms with Gasteiger partial charge >= 0.3 is 0 Å². The molecule has 0 saturated heterocycles. The monoisotopic (exact) mass is 490 g/mol. The van der Waals surface area contributed by atoms with Crippen molar-refractivity contribution in [3.8, 4) is 44.8 Å². The molecule has 0 bridgehead atoms. The molecule has 0 N–H and O–H groups in total. The fourth-order valence-corrected chi connectivity index (χ4v) is 5.72. The van der Waals surface area contributed by atoms with E-state index in [1.165, 1.54) is 55.5 Å². The number of hydrogen-bond acceptors (Lipinski definition) is 3. The van der Waals surface area contributed by atoms with Crippen molar-refractivity contribution in [1.29, 1.82) is 0 Å². The van der Waals surface area contributed by atoms with E-state index in [-0.39, 0.29) is 0 Å². The van der Waals surface area contributed by atoms with Crippen molar-refractivity contribution in [2.24, 2.45) is 0 Å². The third-order valence-electron chi connectivity index (χ3n) is 7.01. The lowest BCUT2D eigenvalue weighted by Crippen LogP contribution is -1.87. The third kappa shape index (κ3) is 3.90. The predicted octanol–water partition coefficient (Wildman–Crippen LogP) is 9.51. The molecule has 0 atom stereocenters. The Hall–Kier alpha value is -4.60. The minimum Gasteiger partial charge on any atom is -0.172 e. The molecule has 0 fully saturated rings. The van der Waals surface area contributed by atoms with Crippen molar-refractivity contribution in [2.75, 3.05) is 0 Å². The minimum absolute atomic E-state index is 0.924. The first kappa shape index (κ1) is 21.7. The molecule has 0 spiro atoms. The van der Waals surface area contributed by atoms with Gasteiger partial charge in [-0.3, -0.25) is 0 Å². The van der Waals surface area contributed by atoms with Gasteiger partial charge in [-0.25, -0.2) is 0 Å². The fourth-order valence-electron chi connectivity index (χ4n) is 5.14. The highest BCUT2D eigenvalue weighted by Gasteiger charge is 2.14. The molecular weight excluding hydrogens is 468 g/mol. The van der Waals surface area contributed by atoms with E-state index >= 15 is 0 Å². The Morgan fingerprint density at radius 3 is 1.19 bits per heavy atom. The van der Waals surface area contributed by atoms with Gasteiger partial charge in [0.1, 0.15) is 11.4 Å². The van der Waals surface area contributed by atoms with Gasteiger partial charge in [0.25, 0.3) is 0 Å². The van der Waals surface area contributed by atoms with Crippen molar-refractivity contribution < 1.29 is 0 Å². The van der Waals surface area contributed by atoms with E-state index in [0.717, 1.165) is 22.5 Å². The van der Waals surface area contributed by atoms with E-state index in [4.69, 9.17) is 0 Å². The summed E-state index contributed by atoms with van der Waals surface area (Å²) in [5.41, 5.74) is 8.88. The smallest absolute Gasteiger partial charge is 0.112 e. The van der Waals surface area contributed by atoms with E-state index in [1.807, 2.05) is 0 Å². The minimum atomic E-state index is 0.924. The van der Waals surface area contributed by atoms with E-state index in [2.05, 4.69) is 142 Å². The van der Waals surface area contributed by atoms with Crippen LogP contribution in [-0.2, 0) is 0 Å². The van der Waals surface area contributed by atoms with Crippen LogP contribution in [0.4, 0.5) is 0 Å². The van der Waals surface area contributed by atoms with Crippen molar-refractivity contribution in [2.45, 2.75) is 0 Å². The second kappa shape index (κ2) is 9.12. The molecule has 1 aromatic heterocycles. The molecule has 1 heterocycles. The van der Waals surface area contributed by atoms with E-state index < -0.39 is 0 Å². The van der Waals surface area contributed by atoms with Gasteiger partial charge in [0.2, 0.25) is 0 Å². The van der Waals surface area contributed by atoms with Crippen LogP contribution < -0.4 is 0 Å². The van der Waals surface area contributed by atoms with Crippen LogP contribution >= 0.6 is 11.7 Å². The van der Waals surface area contributed by atoms with Crippen molar-refractivity contribution in [3.63, 3.8) is 0 Å². The van der Waals surface area contributed by atoms with Crippen LogP contribution in [0.25, 0.3) is 66.3 Å². The van der Waals surface area contributed by atoms with Crippen molar-refractivity contribution in [3.05, 3.63) is 133 Å². The molecule has 0 amide bonds. The molecule has 37 heavy (non-hydrogen) atoms. The van der Waals surface area contributed by atoms with Gasteiger partial charge in [-0.1, -0.05) is 133 Å². The SMILES string of the molecule is c1ccc2c(-c3ccc(-c4nsnc4-c4ccc(-c5cccc6ccccc56)cc4)cc3)cccc2c1. The molecule has 174 valence electrons. The molecule has 0 aliphatic heterocycles. The number of rotatable bonds is 4. The summed E-state index contributed by atoms with van der Waals surface area (Å²) in [5.74, 6) is 0. The zero-order valence-electron chi connectivity index (χ0n) is 20.0. The first-order valence-corrected chi connectivity index (χ1v) is 13.1. The van der Waals surface area contributed by atoms with Crippen molar-refractivity contribution >= 4 is 33.3 Å². The molecular formula is C34H22N2S. The number of nitrogens with zero attached hydrogens (tertiary/aromatic N) is 2. The van der Waals surface area contributed by atoms with Gasteiger partial charge in [0, 0.05) is 11.1 Å². The van der Waals surface area contributed by atoms with Crippen LogP contribution in [-0.4, -0.2) is 8.75 Å². The summed E-state index contributed by atoms with van der Waals surface area (Å²) < 4.78 is 9.33. The normalized spacial score (nSPS) is 11.2. The van der Waals surface area contributed by atoms with Gasteiger partial charge in [0.05, 0.1) is 11.7 Å². The fraction of sp³-hybridized carbons (Fsp3) is 0. The Morgan fingerprint density at radius 2 is 0.730 bits per heavy atom. The molecule has 0 radical (unpaired) electrons. The maximum Gasteiger partial charge on any atom is 0.112 e. The number of benzene rings is 6. The van der Waals surface area contributed by atoms with E-state index in [1.54, 1.807) is 0 Å². The standard InChI is InChI=1S/C34H22N2S/c1-3-11-29-23(7-1)9-5-13-31(29)25-15-19-27(20-16-25)33-34(36-37-35-33)28-21-17-26(18-22-28)32-14-6-10-24-8-2-4-12-30(24)32/h1-22H. The third-order valence-corrected chi connectivity index (χ3v) is 7.53. The maximum atomic E-state index is 4.67. The summed E-state index contributed by atoms with van der Waals surface area (Å²) in [7, 11) is 0. The Morgan fingerprint density at radius 1 is 0.351 bits per heavy atom. The first-order valence-electron chi connectivity index (χ1n) is 12.3. The Kier molecular flexibility index (Phi) is 5.34. The first-order chi connectivity index (χ1) is 18.3. The highest BCUT2D eigenvalue weighted by atomic mass is 32.1. The van der Waals surface area contributed by atoms with E-state index in [9.17, 15) is 0 Å². The van der Waals surface area contributed by atoms with Gasteiger partial charge in [-0.2, -0.15) is 8.75 Å². The van der Waals surface area contributed by atoms with Gasteiger partial charge in [-0.15, -0.1) is 0 Å². The second-order valence-electron chi connectivity index (χ2n) is 9.17. The second-order valence-corrected chi connectivity index (χ2v) is 9.70. The highest BCUT2D eigenvalue weighted by Crippen LogP contribution is 2.35. The zero-order chi connectivity index (χ0) is 24.6. The Bertz CT molecular complexity index is 1720. The van der Waals surface area contributed by atoms with Crippen LogP contribution in [0.2, 0.25) is 0 Å². The molecule has 0 unspecified atom stereocenters. The summed E-state index contributed by atoms with van der Waals surface area (Å²) in [6.07, 6.45) is 0. The average Bonchev–Trinajstić information content (AvgIpc) is 3.47. The average molecular weight is 491 g/mol. The molecule has 0 aliphatic carbocycles. The predicted molar refractivity (Wildman–Crippen MR) is 157 cm³/mol. The quantitative estimate of drug-likeness (QED) is 0.245. The lowest BCUT2D eigenvalue weighted by Gasteiger charge is -2.09. The van der Waals surface area contributed by atoms with Crippen LogP contribution in [0.1, 0.15) is 0 Å². The van der Waals surface area contributed by atoms with Crippen LogP contribution in [0, 0.1) is 0 Å². The number of hydrogen-bond donors (Lipinski definition) is 0. The summed E-state index contributed by atoms with van der Waals surface area (Å²) in [4.78, 5) is 0. The highest BCUT2D eigenvalue weighted by molar-refractivity contribution is 6.99. The topological polar surface area (TPSA) is 25.8 Å².